The number of furan rings is 1. The van der Waals surface area contributed by atoms with Crippen LogP contribution in [-0.4, -0.2) is 21.7 Å². The smallest absolute Gasteiger partial charge is 0.395 e. The van der Waals surface area contributed by atoms with Crippen LogP contribution in [0.15, 0.2) is 28.7 Å². The van der Waals surface area contributed by atoms with Crippen molar-refractivity contribution in [2.75, 3.05) is 10.6 Å². The number of nitrogens with one attached hydrogen (secondary N) is 2. The number of nitro groups is 1. The SMILES string of the molecule is Cc1cc(C)c(NC(=O)c2sc(NC(=O)c3ccc([N+](=O)[O-])o3)nc2C)c(C)c1. The van der Waals surface area contributed by atoms with Crippen molar-refractivity contribution in [3.63, 3.8) is 0 Å². The molecular formula is C19H18N4O5S. The van der Waals surface area contributed by atoms with E-state index in [9.17, 15) is 19.7 Å². The molecule has 150 valence electrons. The van der Waals surface area contributed by atoms with Crippen LogP contribution >= 0.6 is 11.3 Å². The highest BCUT2D eigenvalue weighted by Crippen LogP contribution is 2.27. The molecule has 2 N–H and O–H groups in total. The van der Waals surface area contributed by atoms with Gasteiger partial charge in [0, 0.05) is 5.69 Å². The van der Waals surface area contributed by atoms with E-state index >= 15 is 0 Å². The van der Waals surface area contributed by atoms with Crippen LogP contribution in [0.25, 0.3) is 0 Å². The Bertz CT molecular complexity index is 1110. The van der Waals surface area contributed by atoms with Gasteiger partial charge in [-0.3, -0.25) is 25.0 Å². The van der Waals surface area contributed by atoms with Gasteiger partial charge in [-0.05, 0) is 44.9 Å². The number of carbonyl (C=O) groups is 2. The van der Waals surface area contributed by atoms with Crippen molar-refractivity contribution in [3.8, 4) is 0 Å². The van der Waals surface area contributed by atoms with Gasteiger partial charge in [0.05, 0.1) is 11.8 Å². The number of anilines is 2. The van der Waals surface area contributed by atoms with Gasteiger partial charge < -0.3 is 9.73 Å². The molecule has 3 aromatic rings. The number of nitrogens with zero attached hydrogens (tertiary/aromatic N) is 2. The molecule has 0 spiro atoms. The number of thiazole rings is 1. The van der Waals surface area contributed by atoms with E-state index in [4.69, 9.17) is 4.42 Å². The number of hydrogen-bond acceptors (Lipinski definition) is 7. The third kappa shape index (κ3) is 4.32. The van der Waals surface area contributed by atoms with Crippen molar-refractivity contribution in [3.05, 3.63) is 67.4 Å². The summed E-state index contributed by atoms with van der Waals surface area (Å²) < 4.78 is 4.86. The fourth-order valence-corrected chi connectivity index (χ4v) is 3.77. The van der Waals surface area contributed by atoms with E-state index in [2.05, 4.69) is 15.6 Å². The molecule has 0 aliphatic carbocycles. The fourth-order valence-electron chi connectivity index (χ4n) is 2.91. The molecule has 0 bridgehead atoms. The predicted molar refractivity (Wildman–Crippen MR) is 109 cm³/mol. The molecule has 1 aromatic carbocycles. The van der Waals surface area contributed by atoms with Crippen molar-refractivity contribution in [1.29, 1.82) is 0 Å². The largest absolute Gasteiger partial charge is 0.433 e. The third-order valence-corrected chi connectivity index (χ3v) is 5.21. The first-order valence-electron chi connectivity index (χ1n) is 8.58. The molecule has 0 unspecified atom stereocenters. The molecule has 2 heterocycles. The molecule has 0 atom stereocenters. The second-order valence-corrected chi connectivity index (χ2v) is 7.51. The van der Waals surface area contributed by atoms with Crippen LogP contribution in [0.5, 0.6) is 0 Å². The average Bonchev–Trinajstić information content (AvgIpc) is 3.25. The monoisotopic (exact) mass is 414 g/mol. The summed E-state index contributed by atoms with van der Waals surface area (Å²) in [7, 11) is 0. The number of hydrogen-bond donors (Lipinski definition) is 2. The van der Waals surface area contributed by atoms with Gasteiger partial charge >= 0.3 is 5.88 Å². The molecule has 10 heteroatoms. The Morgan fingerprint density at radius 2 is 1.72 bits per heavy atom. The van der Waals surface area contributed by atoms with E-state index in [0.717, 1.165) is 39.8 Å². The normalized spacial score (nSPS) is 10.6. The molecule has 0 aliphatic heterocycles. The highest BCUT2D eigenvalue weighted by molar-refractivity contribution is 7.17. The quantitative estimate of drug-likeness (QED) is 0.471. The Balaban J connectivity index is 1.76. The van der Waals surface area contributed by atoms with E-state index in [0.29, 0.717) is 10.6 Å². The molecule has 0 saturated heterocycles. The Kier molecular flexibility index (Phi) is 5.46. The fraction of sp³-hybridized carbons (Fsp3) is 0.211. The molecule has 0 fully saturated rings. The Morgan fingerprint density at radius 3 is 2.31 bits per heavy atom. The number of benzene rings is 1. The summed E-state index contributed by atoms with van der Waals surface area (Å²) in [5.41, 5.74) is 4.20. The lowest BCUT2D eigenvalue weighted by atomic mass is 10.1. The highest BCUT2D eigenvalue weighted by atomic mass is 32.1. The van der Waals surface area contributed by atoms with Crippen LogP contribution < -0.4 is 10.6 Å². The van der Waals surface area contributed by atoms with Gasteiger partial charge in [0.15, 0.2) is 10.9 Å². The summed E-state index contributed by atoms with van der Waals surface area (Å²) >= 11 is 1.01. The van der Waals surface area contributed by atoms with E-state index in [-0.39, 0.29) is 16.8 Å². The van der Waals surface area contributed by atoms with E-state index < -0.39 is 16.7 Å². The van der Waals surface area contributed by atoms with Crippen LogP contribution in [0, 0.1) is 37.8 Å². The molecule has 0 saturated carbocycles. The predicted octanol–water partition coefficient (Wildman–Crippen LogP) is 4.38. The minimum atomic E-state index is -0.734. The molecule has 9 nitrogen and oxygen atoms in total. The highest BCUT2D eigenvalue weighted by Gasteiger charge is 2.21. The number of aromatic nitrogens is 1. The van der Waals surface area contributed by atoms with Gasteiger partial charge in [-0.2, -0.15) is 0 Å². The van der Waals surface area contributed by atoms with Crippen LogP contribution in [0.3, 0.4) is 0 Å². The van der Waals surface area contributed by atoms with Crippen molar-refractivity contribution in [1.82, 2.24) is 4.98 Å². The maximum absolute atomic E-state index is 12.7. The zero-order valence-electron chi connectivity index (χ0n) is 16.2. The van der Waals surface area contributed by atoms with Gasteiger partial charge in [-0.15, -0.1) is 0 Å². The van der Waals surface area contributed by atoms with Crippen LogP contribution in [0.1, 0.15) is 42.6 Å². The Labute approximate surface area is 169 Å². The lowest BCUT2D eigenvalue weighted by Crippen LogP contribution is -2.13. The molecule has 0 aliphatic rings. The first-order chi connectivity index (χ1) is 13.7. The van der Waals surface area contributed by atoms with Gasteiger partial charge in [0.25, 0.3) is 11.8 Å². The van der Waals surface area contributed by atoms with Gasteiger partial charge in [0.2, 0.25) is 0 Å². The molecule has 3 rings (SSSR count). The minimum Gasteiger partial charge on any atom is -0.395 e. The number of carbonyl (C=O) groups excluding carboxylic acids is 2. The first-order valence-corrected chi connectivity index (χ1v) is 9.39. The van der Waals surface area contributed by atoms with Gasteiger partial charge in [-0.1, -0.05) is 29.0 Å². The topological polar surface area (TPSA) is 127 Å². The zero-order valence-corrected chi connectivity index (χ0v) is 17.0. The second-order valence-electron chi connectivity index (χ2n) is 6.51. The Hall–Kier alpha value is -3.53. The van der Waals surface area contributed by atoms with E-state index in [1.807, 2.05) is 32.9 Å². The van der Waals surface area contributed by atoms with Crippen LogP contribution in [-0.2, 0) is 0 Å². The van der Waals surface area contributed by atoms with E-state index in [1.165, 1.54) is 6.07 Å². The summed E-state index contributed by atoms with van der Waals surface area (Å²) in [5.74, 6) is -1.77. The van der Waals surface area contributed by atoms with E-state index in [1.54, 1.807) is 6.92 Å². The average molecular weight is 414 g/mol. The third-order valence-electron chi connectivity index (χ3n) is 4.13. The number of rotatable bonds is 5. The van der Waals surface area contributed by atoms with Gasteiger partial charge in [-0.25, -0.2) is 4.98 Å². The minimum absolute atomic E-state index is 0.189. The molecule has 2 amide bonds. The van der Waals surface area contributed by atoms with Crippen molar-refractivity contribution < 1.29 is 18.9 Å². The summed E-state index contributed by atoms with van der Waals surface area (Å²) in [6, 6.07) is 6.25. The number of amides is 2. The summed E-state index contributed by atoms with van der Waals surface area (Å²) in [6.07, 6.45) is 0. The van der Waals surface area contributed by atoms with Crippen LogP contribution in [0.2, 0.25) is 0 Å². The standard InChI is InChI=1S/C19H18N4O5S/c1-9-7-10(2)15(11(3)8-9)21-18(25)16-12(4)20-19(29-16)22-17(24)13-5-6-14(28-13)23(26)27/h5-8H,1-4H3,(H,21,25)(H,20,22,24). The second kappa shape index (κ2) is 7.84. The zero-order chi connectivity index (χ0) is 21.3. The maximum Gasteiger partial charge on any atom is 0.433 e. The first kappa shape index (κ1) is 20.2. The number of aryl methyl sites for hydroxylation is 4. The Morgan fingerprint density at radius 1 is 1.07 bits per heavy atom. The molecule has 0 radical (unpaired) electrons. The molecule has 29 heavy (non-hydrogen) atoms. The summed E-state index contributed by atoms with van der Waals surface area (Å²) in [4.78, 5) is 39.4. The van der Waals surface area contributed by atoms with Crippen molar-refractivity contribution in [2.45, 2.75) is 27.7 Å². The maximum atomic E-state index is 12.7. The lowest BCUT2D eigenvalue weighted by Gasteiger charge is -2.12. The molecule has 2 aromatic heterocycles. The lowest BCUT2D eigenvalue weighted by molar-refractivity contribution is -0.402. The summed E-state index contributed by atoms with van der Waals surface area (Å²) in [5, 5.41) is 16.2. The van der Waals surface area contributed by atoms with Crippen molar-refractivity contribution >= 4 is 39.9 Å². The van der Waals surface area contributed by atoms with Crippen molar-refractivity contribution in [2.24, 2.45) is 0 Å². The molecular weight excluding hydrogens is 396 g/mol. The summed E-state index contributed by atoms with van der Waals surface area (Å²) in [6.45, 7) is 7.49. The van der Waals surface area contributed by atoms with Gasteiger partial charge in [0.1, 0.15) is 9.80 Å². The van der Waals surface area contributed by atoms with Crippen LogP contribution in [0.4, 0.5) is 16.7 Å².